The molecule has 0 saturated carbocycles. The molecule has 0 saturated heterocycles. The summed E-state index contributed by atoms with van der Waals surface area (Å²) in [4.78, 5) is 27.8. The zero-order valence-electron chi connectivity index (χ0n) is 22.6. The summed E-state index contributed by atoms with van der Waals surface area (Å²) < 4.78 is 11.9. The van der Waals surface area contributed by atoms with Gasteiger partial charge < -0.3 is 19.4 Å². The Balaban J connectivity index is 1.34. The molecule has 4 aromatic rings. The fraction of sp³-hybridized carbons (Fsp3) is 0.273. The van der Waals surface area contributed by atoms with Gasteiger partial charge in [-0.05, 0) is 72.4 Å². The lowest BCUT2D eigenvalue weighted by molar-refractivity contribution is -0.134. The maximum absolute atomic E-state index is 13.3. The first-order valence-electron chi connectivity index (χ1n) is 13.4. The molecule has 6 heteroatoms. The van der Waals surface area contributed by atoms with Crippen LogP contribution in [0.1, 0.15) is 64.9 Å². The molecule has 200 valence electrons. The number of hydrogen-bond donors (Lipinski definition) is 1. The van der Waals surface area contributed by atoms with Crippen molar-refractivity contribution in [3.05, 3.63) is 119 Å². The molecule has 0 radical (unpaired) electrons. The Kier molecular flexibility index (Phi) is 7.82. The first-order valence-corrected chi connectivity index (χ1v) is 13.4. The number of carbonyl (C=O) groups is 2. The Morgan fingerprint density at radius 3 is 2.51 bits per heavy atom. The summed E-state index contributed by atoms with van der Waals surface area (Å²) in [7, 11) is 0. The highest BCUT2D eigenvalue weighted by Crippen LogP contribution is 2.38. The van der Waals surface area contributed by atoms with Gasteiger partial charge in [0, 0.05) is 18.7 Å². The Hall–Kier alpha value is -4.32. The quantitative estimate of drug-likeness (QED) is 0.272. The fourth-order valence-corrected chi connectivity index (χ4v) is 4.97. The van der Waals surface area contributed by atoms with Gasteiger partial charge in [0.1, 0.15) is 18.1 Å². The Labute approximate surface area is 229 Å². The largest absolute Gasteiger partial charge is 0.486 e. The third-order valence-corrected chi connectivity index (χ3v) is 6.94. The number of ether oxygens (including phenoxy) is 1. The van der Waals surface area contributed by atoms with Crippen LogP contribution in [-0.2, 0) is 17.8 Å². The molecule has 0 fully saturated rings. The van der Waals surface area contributed by atoms with Crippen LogP contribution in [0.2, 0.25) is 0 Å². The van der Waals surface area contributed by atoms with Crippen molar-refractivity contribution >= 4 is 17.5 Å². The minimum absolute atomic E-state index is 0.166. The highest BCUT2D eigenvalue weighted by Gasteiger charge is 2.32. The zero-order valence-corrected chi connectivity index (χ0v) is 22.6. The van der Waals surface area contributed by atoms with Gasteiger partial charge in [0.2, 0.25) is 5.91 Å². The van der Waals surface area contributed by atoms with E-state index >= 15 is 0 Å². The van der Waals surface area contributed by atoms with Crippen molar-refractivity contribution in [3.8, 4) is 5.75 Å². The van der Waals surface area contributed by atoms with E-state index < -0.39 is 0 Å². The van der Waals surface area contributed by atoms with Crippen molar-refractivity contribution in [1.29, 1.82) is 0 Å². The number of benzene rings is 3. The summed E-state index contributed by atoms with van der Waals surface area (Å²) in [5.74, 6) is 1.62. The molecule has 2 heterocycles. The number of hydrogen-bond acceptors (Lipinski definition) is 4. The van der Waals surface area contributed by atoms with Crippen molar-refractivity contribution in [3.63, 3.8) is 0 Å². The van der Waals surface area contributed by atoms with Gasteiger partial charge in [-0.2, -0.15) is 0 Å². The molecule has 1 unspecified atom stereocenters. The summed E-state index contributed by atoms with van der Waals surface area (Å²) in [5, 5.41) is 2.82. The fourth-order valence-electron chi connectivity index (χ4n) is 4.97. The number of amides is 2. The van der Waals surface area contributed by atoms with Gasteiger partial charge in [0.25, 0.3) is 5.91 Å². The molecule has 0 aliphatic carbocycles. The van der Waals surface area contributed by atoms with Crippen LogP contribution < -0.4 is 10.1 Å². The van der Waals surface area contributed by atoms with Gasteiger partial charge in [0.05, 0.1) is 6.04 Å². The number of aryl methyl sites for hydroxylation is 1. The van der Waals surface area contributed by atoms with Crippen LogP contribution in [0, 0.1) is 12.8 Å². The third kappa shape index (κ3) is 6.23. The maximum Gasteiger partial charge on any atom is 0.291 e. The predicted molar refractivity (Wildman–Crippen MR) is 152 cm³/mol. The molecule has 1 aliphatic rings. The summed E-state index contributed by atoms with van der Waals surface area (Å²) in [5.41, 5.74) is 5.29. The predicted octanol–water partition coefficient (Wildman–Crippen LogP) is 6.94. The minimum Gasteiger partial charge on any atom is -0.486 e. The number of nitrogens with zero attached hydrogens (tertiary/aromatic N) is 1. The molecule has 1 aromatic heterocycles. The molecule has 1 atom stereocenters. The molecule has 2 amide bonds. The smallest absolute Gasteiger partial charge is 0.291 e. The lowest BCUT2D eigenvalue weighted by atomic mass is 9.87. The Morgan fingerprint density at radius 2 is 1.77 bits per heavy atom. The lowest BCUT2D eigenvalue weighted by Gasteiger charge is -2.38. The highest BCUT2D eigenvalue weighted by atomic mass is 16.5. The Morgan fingerprint density at radius 1 is 1.00 bits per heavy atom. The molecule has 6 nitrogen and oxygen atoms in total. The standard InChI is InChI=1S/C33H34N2O4/c1-22(2)19-31(36)35-18-17-24-13-14-27(20-29(24)32(35)25-11-9-23(3)10-12-25)38-21-28-15-16-30(39-28)33(37)34-26-7-5-4-6-8-26/h4-16,20,22,32H,17-19,21H2,1-3H3,(H,34,37). The van der Waals surface area contributed by atoms with E-state index in [1.54, 1.807) is 12.1 Å². The minimum atomic E-state index is -0.312. The van der Waals surface area contributed by atoms with E-state index in [-0.39, 0.29) is 30.2 Å². The van der Waals surface area contributed by atoms with Crippen molar-refractivity contribution < 1.29 is 18.7 Å². The summed E-state index contributed by atoms with van der Waals surface area (Å²) in [6.07, 6.45) is 1.33. The summed E-state index contributed by atoms with van der Waals surface area (Å²) in [6, 6.07) is 27.0. The van der Waals surface area contributed by atoms with Gasteiger partial charge in [0.15, 0.2) is 5.76 Å². The van der Waals surface area contributed by atoms with Gasteiger partial charge >= 0.3 is 0 Å². The van der Waals surface area contributed by atoms with Crippen LogP contribution in [0.5, 0.6) is 5.75 Å². The number of rotatable bonds is 8. The average molecular weight is 523 g/mol. The second kappa shape index (κ2) is 11.6. The first-order chi connectivity index (χ1) is 18.9. The van der Waals surface area contributed by atoms with Crippen LogP contribution in [-0.4, -0.2) is 23.3 Å². The number of fused-ring (bicyclic) bond motifs is 1. The molecule has 1 N–H and O–H groups in total. The zero-order chi connectivity index (χ0) is 27.4. The molecule has 39 heavy (non-hydrogen) atoms. The second-order valence-electron chi connectivity index (χ2n) is 10.5. The van der Waals surface area contributed by atoms with E-state index in [1.165, 1.54) is 11.1 Å². The van der Waals surface area contributed by atoms with E-state index in [2.05, 4.69) is 56.4 Å². The van der Waals surface area contributed by atoms with Crippen LogP contribution in [0.15, 0.2) is 89.3 Å². The van der Waals surface area contributed by atoms with Crippen molar-refractivity contribution in [2.24, 2.45) is 5.92 Å². The first kappa shape index (κ1) is 26.3. The van der Waals surface area contributed by atoms with Crippen LogP contribution >= 0.6 is 0 Å². The molecule has 0 spiro atoms. The van der Waals surface area contributed by atoms with Gasteiger partial charge in [-0.25, -0.2) is 0 Å². The summed E-state index contributed by atoms with van der Waals surface area (Å²) >= 11 is 0. The van der Waals surface area contributed by atoms with Crippen molar-refractivity contribution in [2.75, 3.05) is 11.9 Å². The monoisotopic (exact) mass is 522 g/mol. The van der Waals surface area contributed by atoms with Gasteiger partial charge in [-0.15, -0.1) is 0 Å². The van der Waals surface area contributed by atoms with E-state index in [1.807, 2.05) is 47.4 Å². The molecule has 3 aromatic carbocycles. The molecule has 1 aliphatic heterocycles. The van der Waals surface area contributed by atoms with Crippen LogP contribution in [0.25, 0.3) is 0 Å². The van der Waals surface area contributed by atoms with Crippen LogP contribution in [0.3, 0.4) is 0 Å². The maximum atomic E-state index is 13.3. The molecular formula is C33H34N2O4. The van der Waals surface area contributed by atoms with E-state index in [9.17, 15) is 9.59 Å². The van der Waals surface area contributed by atoms with Crippen molar-refractivity contribution in [2.45, 2.75) is 46.3 Å². The molecule has 0 bridgehead atoms. The molecular weight excluding hydrogens is 488 g/mol. The second-order valence-corrected chi connectivity index (χ2v) is 10.5. The van der Waals surface area contributed by atoms with Gasteiger partial charge in [-0.1, -0.05) is 67.9 Å². The Bertz CT molecular complexity index is 1440. The van der Waals surface area contributed by atoms with E-state index in [0.29, 0.717) is 36.1 Å². The SMILES string of the molecule is Cc1ccc(C2c3cc(OCc4ccc(C(=O)Nc5ccccc5)o4)ccc3CCN2C(=O)CC(C)C)cc1. The van der Waals surface area contributed by atoms with E-state index in [0.717, 1.165) is 17.5 Å². The normalized spacial score (nSPS) is 14.7. The third-order valence-electron chi connectivity index (χ3n) is 6.94. The number of para-hydroxylation sites is 1. The van der Waals surface area contributed by atoms with Crippen molar-refractivity contribution in [1.82, 2.24) is 4.90 Å². The number of furan rings is 1. The topological polar surface area (TPSA) is 71.8 Å². The number of nitrogens with one attached hydrogen (secondary N) is 1. The van der Waals surface area contributed by atoms with E-state index in [4.69, 9.17) is 9.15 Å². The molecule has 5 rings (SSSR count). The highest BCUT2D eigenvalue weighted by molar-refractivity contribution is 6.02. The average Bonchev–Trinajstić information content (AvgIpc) is 3.41. The number of carbonyl (C=O) groups excluding carboxylic acids is 2. The van der Waals surface area contributed by atoms with Crippen LogP contribution in [0.4, 0.5) is 5.69 Å². The summed E-state index contributed by atoms with van der Waals surface area (Å²) in [6.45, 7) is 7.10. The van der Waals surface area contributed by atoms with Gasteiger partial charge in [-0.3, -0.25) is 9.59 Å². The lowest BCUT2D eigenvalue weighted by Crippen LogP contribution is -2.41. The number of anilines is 1.